The Morgan fingerprint density at radius 3 is 2.38 bits per heavy atom. The van der Waals surface area contributed by atoms with E-state index in [-0.39, 0.29) is 11.4 Å². The first-order chi connectivity index (χ1) is 12.1. The number of rotatable bonds is 7. The number of hydrogen-bond acceptors (Lipinski definition) is 2. The molecule has 26 heavy (non-hydrogen) atoms. The fraction of sp³-hybridized carbons (Fsp3) is 0.368. The lowest BCUT2D eigenvalue weighted by Crippen LogP contribution is -2.37. The molecule has 0 aliphatic heterocycles. The lowest BCUT2D eigenvalue weighted by atomic mass is 9.96. The van der Waals surface area contributed by atoms with Gasteiger partial charge < -0.3 is 5.73 Å². The zero-order valence-electron chi connectivity index (χ0n) is 14.4. The molecule has 0 aliphatic rings. The molecule has 2 atom stereocenters. The van der Waals surface area contributed by atoms with Crippen LogP contribution in [0.1, 0.15) is 30.9 Å². The zero-order chi connectivity index (χ0) is 19.4. The van der Waals surface area contributed by atoms with E-state index in [4.69, 9.17) is 5.73 Å². The predicted molar refractivity (Wildman–Crippen MR) is 102 cm³/mol. The molecule has 2 N–H and O–H groups in total. The first kappa shape index (κ1) is 21.2. The smallest absolute Gasteiger partial charge is 0.325 e. The molecule has 0 aromatic heterocycles. The van der Waals surface area contributed by atoms with Gasteiger partial charge in [0.15, 0.2) is 0 Å². The van der Waals surface area contributed by atoms with Crippen molar-refractivity contribution in [2.24, 2.45) is 5.73 Å². The van der Waals surface area contributed by atoms with Crippen LogP contribution in [0, 0.1) is 5.82 Å². The van der Waals surface area contributed by atoms with Crippen molar-refractivity contribution in [3.8, 4) is 0 Å². The minimum absolute atomic E-state index is 0.277. The maximum atomic E-state index is 14.3. The lowest BCUT2D eigenvalue weighted by molar-refractivity contribution is -0.137. The van der Waals surface area contributed by atoms with Crippen LogP contribution in [0.4, 0.5) is 17.6 Å². The summed E-state index contributed by atoms with van der Waals surface area (Å²) in [5, 5.41) is 0. The number of benzene rings is 2. The van der Waals surface area contributed by atoms with Gasteiger partial charge in [0.1, 0.15) is 5.82 Å². The maximum absolute atomic E-state index is 14.3. The third kappa shape index (κ3) is 6.26. The summed E-state index contributed by atoms with van der Waals surface area (Å²) in [4.78, 5) is 0.991. The molecule has 1 unspecified atom stereocenters. The van der Waals surface area contributed by atoms with Crippen molar-refractivity contribution in [2.75, 3.05) is 6.16 Å². The lowest BCUT2D eigenvalue weighted by Gasteiger charge is -2.22. The standard InChI is InChI=1S/C19H22F4NPS/c1-18(24,12-25)9-3-4-13-7-8-16(11-17(13)20)26-15-6-2-5-14(10-15)19(21,22)23/h2,5-8,10-11H,3-4,9,12,24-25H2,1H3/t18-/m1/s1. The minimum atomic E-state index is -4.39. The molecule has 0 spiro atoms. The molecule has 2 aromatic carbocycles. The van der Waals surface area contributed by atoms with Crippen molar-refractivity contribution in [1.82, 2.24) is 0 Å². The molecule has 2 rings (SSSR count). The van der Waals surface area contributed by atoms with Gasteiger partial charge in [-0.05, 0) is 68.2 Å². The largest absolute Gasteiger partial charge is 0.416 e. The van der Waals surface area contributed by atoms with Crippen LogP contribution in [0.25, 0.3) is 0 Å². The highest BCUT2D eigenvalue weighted by molar-refractivity contribution is 7.99. The highest BCUT2D eigenvalue weighted by Gasteiger charge is 2.30. The zero-order valence-corrected chi connectivity index (χ0v) is 16.4. The number of aryl methyl sites for hydroxylation is 1. The highest BCUT2D eigenvalue weighted by atomic mass is 32.2. The van der Waals surface area contributed by atoms with Gasteiger partial charge in [0.25, 0.3) is 0 Å². The second-order valence-corrected chi connectivity index (χ2v) is 8.15. The van der Waals surface area contributed by atoms with Crippen molar-refractivity contribution in [3.05, 3.63) is 59.4 Å². The van der Waals surface area contributed by atoms with Gasteiger partial charge in [0.2, 0.25) is 0 Å². The summed E-state index contributed by atoms with van der Waals surface area (Å²) in [7, 11) is 2.62. The van der Waals surface area contributed by atoms with E-state index in [0.717, 1.165) is 42.9 Å². The predicted octanol–water partition coefficient (Wildman–Crippen LogP) is 5.91. The summed E-state index contributed by atoms with van der Waals surface area (Å²) in [6.45, 7) is 1.96. The van der Waals surface area contributed by atoms with Crippen molar-refractivity contribution in [2.45, 2.75) is 47.7 Å². The molecular formula is C19H22F4NPS. The summed E-state index contributed by atoms with van der Waals surface area (Å²) in [6, 6.07) is 9.83. The quantitative estimate of drug-likeness (QED) is 0.459. The van der Waals surface area contributed by atoms with E-state index in [1.165, 1.54) is 12.1 Å². The Labute approximate surface area is 157 Å². The first-order valence-electron chi connectivity index (χ1n) is 8.23. The van der Waals surface area contributed by atoms with E-state index < -0.39 is 11.7 Å². The average molecular weight is 403 g/mol. The Hall–Kier alpha value is -1.10. The summed E-state index contributed by atoms with van der Waals surface area (Å²) in [6.07, 6.45) is -1.46. The summed E-state index contributed by atoms with van der Waals surface area (Å²) < 4.78 is 52.6. The first-order valence-corrected chi connectivity index (χ1v) is 9.86. The van der Waals surface area contributed by atoms with Crippen LogP contribution in [0.2, 0.25) is 0 Å². The van der Waals surface area contributed by atoms with E-state index in [1.807, 2.05) is 6.92 Å². The number of nitrogens with two attached hydrogens (primary N) is 1. The van der Waals surface area contributed by atoms with Crippen LogP contribution in [0.3, 0.4) is 0 Å². The molecule has 0 amide bonds. The van der Waals surface area contributed by atoms with Gasteiger partial charge in [-0.15, -0.1) is 9.24 Å². The van der Waals surface area contributed by atoms with Gasteiger partial charge in [-0.1, -0.05) is 23.9 Å². The average Bonchev–Trinajstić information content (AvgIpc) is 2.56. The normalized spacial score (nSPS) is 14.3. The van der Waals surface area contributed by atoms with Crippen molar-refractivity contribution >= 4 is 21.0 Å². The summed E-state index contributed by atoms with van der Waals surface area (Å²) in [5.41, 5.74) is 5.68. The molecule has 0 radical (unpaired) electrons. The van der Waals surface area contributed by atoms with E-state index in [9.17, 15) is 17.6 Å². The maximum Gasteiger partial charge on any atom is 0.416 e. The fourth-order valence-electron chi connectivity index (χ4n) is 2.45. The topological polar surface area (TPSA) is 26.0 Å². The Kier molecular flexibility index (Phi) is 7.12. The molecule has 0 saturated carbocycles. The third-order valence-corrected chi connectivity index (χ3v) is 5.99. The summed E-state index contributed by atoms with van der Waals surface area (Å²) in [5.74, 6) is -0.341. The Morgan fingerprint density at radius 2 is 1.77 bits per heavy atom. The highest BCUT2D eigenvalue weighted by Crippen LogP contribution is 2.35. The van der Waals surface area contributed by atoms with Crippen LogP contribution in [-0.2, 0) is 12.6 Å². The second-order valence-electron chi connectivity index (χ2n) is 6.59. The molecule has 7 heteroatoms. The van der Waals surface area contributed by atoms with Gasteiger partial charge in [-0.3, -0.25) is 0 Å². The summed E-state index contributed by atoms with van der Waals surface area (Å²) >= 11 is 1.11. The van der Waals surface area contributed by atoms with Crippen LogP contribution in [0.15, 0.2) is 52.3 Å². The van der Waals surface area contributed by atoms with Crippen LogP contribution in [-0.4, -0.2) is 11.7 Å². The van der Waals surface area contributed by atoms with Crippen molar-refractivity contribution < 1.29 is 17.6 Å². The van der Waals surface area contributed by atoms with E-state index >= 15 is 0 Å². The SMILES string of the molecule is C[C@](N)(CP)CCCc1ccc(Sc2cccc(C(F)(F)F)c2)cc1F. The van der Waals surface area contributed by atoms with Crippen LogP contribution < -0.4 is 5.73 Å². The van der Waals surface area contributed by atoms with Gasteiger partial charge in [0, 0.05) is 15.3 Å². The van der Waals surface area contributed by atoms with Crippen LogP contribution in [0.5, 0.6) is 0 Å². The van der Waals surface area contributed by atoms with Crippen molar-refractivity contribution in [3.63, 3.8) is 0 Å². The van der Waals surface area contributed by atoms with E-state index in [2.05, 4.69) is 9.24 Å². The molecule has 0 fully saturated rings. The minimum Gasteiger partial charge on any atom is -0.325 e. The third-order valence-electron chi connectivity index (χ3n) is 4.08. The Balaban J connectivity index is 2.03. The van der Waals surface area contributed by atoms with Crippen LogP contribution >= 0.6 is 21.0 Å². The van der Waals surface area contributed by atoms with Gasteiger partial charge >= 0.3 is 6.18 Å². The molecule has 0 heterocycles. The van der Waals surface area contributed by atoms with E-state index in [0.29, 0.717) is 21.8 Å². The number of hydrogen-bond donors (Lipinski definition) is 1. The van der Waals surface area contributed by atoms with E-state index in [1.54, 1.807) is 18.2 Å². The molecule has 0 saturated heterocycles. The fourth-order valence-corrected chi connectivity index (χ4v) is 3.56. The second kappa shape index (κ2) is 8.73. The molecule has 1 nitrogen and oxygen atoms in total. The molecule has 142 valence electrons. The Bertz CT molecular complexity index is 747. The number of alkyl halides is 3. The van der Waals surface area contributed by atoms with Gasteiger partial charge in [-0.25, -0.2) is 4.39 Å². The molecular weight excluding hydrogens is 381 g/mol. The molecule has 0 bridgehead atoms. The van der Waals surface area contributed by atoms with Gasteiger partial charge in [-0.2, -0.15) is 13.2 Å². The number of halogens is 4. The Morgan fingerprint density at radius 1 is 1.08 bits per heavy atom. The monoisotopic (exact) mass is 403 g/mol. The van der Waals surface area contributed by atoms with Gasteiger partial charge in [0.05, 0.1) is 5.56 Å². The van der Waals surface area contributed by atoms with Crippen molar-refractivity contribution in [1.29, 1.82) is 0 Å². The molecule has 2 aromatic rings. The molecule has 0 aliphatic carbocycles.